The molecule has 0 aliphatic heterocycles. The number of hydrogen-bond donors (Lipinski definition) is 2. The van der Waals surface area contributed by atoms with E-state index in [1.807, 2.05) is 72.8 Å². The van der Waals surface area contributed by atoms with Crippen LogP contribution in [0.25, 0.3) is 22.8 Å². The average Bonchev–Trinajstić information content (AvgIpc) is 3.42. The first kappa shape index (κ1) is 27.6. The molecule has 2 N–H and O–H groups in total. The van der Waals surface area contributed by atoms with Crippen molar-refractivity contribution in [1.82, 2.24) is 10.3 Å². The van der Waals surface area contributed by atoms with Crippen molar-refractivity contribution < 1.29 is 14.0 Å². The molecule has 5 rings (SSSR count). The Labute approximate surface area is 240 Å². The second-order valence-electron chi connectivity index (χ2n) is 11.0. The van der Waals surface area contributed by atoms with Crippen LogP contribution in [0.15, 0.2) is 114 Å². The van der Waals surface area contributed by atoms with Crippen LogP contribution in [-0.2, 0) is 10.2 Å². The first-order chi connectivity index (χ1) is 19.7. The summed E-state index contributed by atoms with van der Waals surface area (Å²) < 4.78 is 6.29. The number of oxazole rings is 1. The van der Waals surface area contributed by atoms with E-state index in [0.717, 1.165) is 16.7 Å². The molecule has 6 nitrogen and oxygen atoms in total. The lowest BCUT2D eigenvalue weighted by Gasteiger charge is -2.19. The summed E-state index contributed by atoms with van der Waals surface area (Å²) in [6, 6.07) is 34.5. The Morgan fingerprint density at radius 3 is 1.78 bits per heavy atom. The van der Waals surface area contributed by atoms with Crippen LogP contribution in [0.5, 0.6) is 0 Å². The van der Waals surface area contributed by atoms with E-state index in [1.165, 1.54) is 12.5 Å². The van der Waals surface area contributed by atoms with E-state index in [-0.39, 0.29) is 29.0 Å². The number of rotatable bonds is 7. The molecule has 0 aliphatic rings. The lowest BCUT2D eigenvalue weighted by molar-refractivity contribution is -0.114. The molecule has 41 heavy (non-hydrogen) atoms. The fourth-order valence-corrected chi connectivity index (χ4v) is 4.66. The number of aromatic nitrogens is 1. The topological polar surface area (TPSA) is 84.2 Å². The number of carbonyl (C=O) groups excluding carboxylic acids is 2. The molecule has 0 saturated heterocycles. The number of amides is 2. The van der Waals surface area contributed by atoms with Gasteiger partial charge in [-0.1, -0.05) is 93.6 Å². The first-order valence-corrected chi connectivity index (χ1v) is 13.6. The second kappa shape index (κ2) is 11.6. The van der Waals surface area contributed by atoms with Crippen LogP contribution in [0.3, 0.4) is 0 Å². The highest BCUT2D eigenvalue weighted by Gasteiger charge is 2.26. The van der Waals surface area contributed by atoms with Crippen LogP contribution in [-0.4, -0.2) is 16.8 Å². The molecule has 5 aromatic rings. The molecule has 0 saturated carbocycles. The van der Waals surface area contributed by atoms with E-state index >= 15 is 0 Å². The van der Waals surface area contributed by atoms with Crippen molar-refractivity contribution in [2.45, 2.75) is 39.2 Å². The third kappa shape index (κ3) is 6.44. The number of nitrogens with one attached hydrogen (secondary N) is 2. The number of anilines is 1. The second-order valence-corrected chi connectivity index (χ2v) is 11.0. The molecule has 4 aromatic carbocycles. The van der Waals surface area contributed by atoms with Gasteiger partial charge in [-0.2, -0.15) is 0 Å². The largest absolute Gasteiger partial charge is 0.435 e. The van der Waals surface area contributed by atoms with Gasteiger partial charge in [0.15, 0.2) is 11.5 Å². The van der Waals surface area contributed by atoms with Gasteiger partial charge < -0.3 is 15.1 Å². The zero-order valence-electron chi connectivity index (χ0n) is 23.6. The molecule has 0 spiro atoms. The third-order valence-corrected chi connectivity index (χ3v) is 6.85. The maximum atomic E-state index is 13.9. The average molecular weight is 544 g/mol. The maximum Gasteiger partial charge on any atom is 0.274 e. The molecular weight excluding hydrogens is 510 g/mol. The summed E-state index contributed by atoms with van der Waals surface area (Å²) in [6.07, 6.45) is 0. The van der Waals surface area contributed by atoms with Crippen LogP contribution in [0.4, 0.5) is 5.69 Å². The smallest absolute Gasteiger partial charge is 0.274 e. The van der Waals surface area contributed by atoms with E-state index in [2.05, 4.69) is 43.5 Å². The molecule has 0 fully saturated rings. The van der Waals surface area contributed by atoms with Crippen molar-refractivity contribution in [3.8, 4) is 22.8 Å². The molecule has 0 unspecified atom stereocenters. The fourth-order valence-electron chi connectivity index (χ4n) is 4.66. The number of nitrogens with zero attached hydrogens (tertiary/aromatic N) is 1. The highest BCUT2D eigenvalue weighted by atomic mass is 16.4. The molecule has 0 bridgehead atoms. The molecule has 1 heterocycles. The quantitative estimate of drug-likeness (QED) is 0.219. The molecule has 206 valence electrons. The molecule has 0 radical (unpaired) electrons. The normalized spacial score (nSPS) is 11.3. The first-order valence-electron chi connectivity index (χ1n) is 13.6. The Morgan fingerprint density at radius 1 is 0.732 bits per heavy atom. The minimum absolute atomic E-state index is 0.00483. The van der Waals surface area contributed by atoms with Gasteiger partial charge in [-0.3, -0.25) is 9.59 Å². The molecule has 0 aliphatic carbocycles. The van der Waals surface area contributed by atoms with Crippen molar-refractivity contribution in [1.29, 1.82) is 0 Å². The summed E-state index contributed by atoms with van der Waals surface area (Å²) in [7, 11) is 0. The minimum atomic E-state index is -0.383. The van der Waals surface area contributed by atoms with Crippen molar-refractivity contribution in [3.05, 3.63) is 132 Å². The standard InChI is InChI=1S/C35H33N3O3/c1-23(39)36-29-21-17-26(18-22-29)32-31(38-34(41-32)27-15-19-28(20-16-27)35(2,3)4)33(40)37-30(24-11-7-5-8-12-24)25-13-9-6-10-14-25/h5-22,30H,1-4H3,(H,36,39)(H,37,40). The van der Waals surface area contributed by atoms with Gasteiger partial charge in [-0.25, -0.2) is 4.98 Å². The van der Waals surface area contributed by atoms with Crippen LogP contribution >= 0.6 is 0 Å². The minimum Gasteiger partial charge on any atom is -0.435 e. The molecule has 6 heteroatoms. The van der Waals surface area contributed by atoms with Gasteiger partial charge >= 0.3 is 0 Å². The van der Waals surface area contributed by atoms with E-state index < -0.39 is 0 Å². The highest BCUT2D eigenvalue weighted by Crippen LogP contribution is 2.33. The van der Waals surface area contributed by atoms with Crippen LogP contribution in [0, 0.1) is 0 Å². The Bertz CT molecular complexity index is 1590. The monoisotopic (exact) mass is 543 g/mol. The number of hydrogen-bond acceptors (Lipinski definition) is 4. The number of benzene rings is 4. The van der Waals surface area contributed by atoms with E-state index in [4.69, 9.17) is 9.40 Å². The molecular formula is C35H33N3O3. The zero-order chi connectivity index (χ0) is 29.0. The van der Waals surface area contributed by atoms with E-state index in [1.54, 1.807) is 24.3 Å². The van der Waals surface area contributed by atoms with E-state index in [0.29, 0.717) is 22.9 Å². The van der Waals surface area contributed by atoms with Crippen molar-refractivity contribution >= 4 is 17.5 Å². The molecule has 0 atom stereocenters. The summed E-state index contributed by atoms with van der Waals surface area (Å²) in [6.45, 7) is 7.94. The Hall–Kier alpha value is -4.97. The molecule has 1 aromatic heterocycles. The van der Waals surface area contributed by atoms with Crippen molar-refractivity contribution in [2.24, 2.45) is 0 Å². The molecule has 2 amide bonds. The summed E-state index contributed by atoms with van der Waals surface area (Å²) in [5.41, 5.74) is 5.38. The lowest BCUT2D eigenvalue weighted by Crippen LogP contribution is -2.30. The van der Waals surface area contributed by atoms with Crippen molar-refractivity contribution in [3.63, 3.8) is 0 Å². The van der Waals surface area contributed by atoms with Crippen molar-refractivity contribution in [2.75, 3.05) is 5.32 Å². The predicted octanol–water partition coefficient (Wildman–Crippen LogP) is 7.78. The Morgan fingerprint density at radius 2 is 1.27 bits per heavy atom. The van der Waals surface area contributed by atoms with Gasteiger partial charge in [0.2, 0.25) is 11.8 Å². The SMILES string of the molecule is CC(=O)Nc1ccc(-c2oc(-c3ccc(C(C)(C)C)cc3)nc2C(=O)NC(c2ccccc2)c2ccccc2)cc1. The van der Waals surface area contributed by atoms with Gasteiger partial charge in [0.25, 0.3) is 5.91 Å². The van der Waals surface area contributed by atoms with Gasteiger partial charge in [0.1, 0.15) is 0 Å². The van der Waals surface area contributed by atoms with Crippen LogP contribution < -0.4 is 10.6 Å². The lowest BCUT2D eigenvalue weighted by atomic mass is 9.87. The summed E-state index contributed by atoms with van der Waals surface area (Å²) >= 11 is 0. The van der Waals surface area contributed by atoms with Gasteiger partial charge in [0, 0.05) is 23.7 Å². The zero-order valence-corrected chi connectivity index (χ0v) is 23.6. The number of carbonyl (C=O) groups is 2. The van der Waals surface area contributed by atoms with Gasteiger partial charge in [0.05, 0.1) is 6.04 Å². The Balaban J connectivity index is 1.55. The Kier molecular flexibility index (Phi) is 7.83. The summed E-state index contributed by atoms with van der Waals surface area (Å²) in [5.74, 6) is 0.190. The van der Waals surface area contributed by atoms with Crippen LogP contribution in [0.2, 0.25) is 0 Å². The van der Waals surface area contributed by atoms with E-state index in [9.17, 15) is 9.59 Å². The van der Waals surface area contributed by atoms with Gasteiger partial charge in [-0.05, 0) is 58.5 Å². The third-order valence-electron chi connectivity index (χ3n) is 6.85. The summed E-state index contributed by atoms with van der Waals surface area (Å²) in [5, 5.41) is 5.96. The fraction of sp³-hybridized carbons (Fsp3) is 0.171. The maximum absolute atomic E-state index is 13.9. The predicted molar refractivity (Wildman–Crippen MR) is 163 cm³/mol. The van der Waals surface area contributed by atoms with Crippen LogP contribution in [0.1, 0.15) is 60.9 Å². The highest BCUT2D eigenvalue weighted by molar-refractivity contribution is 5.99. The van der Waals surface area contributed by atoms with Gasteiger partial charge in [-0.15, -0.1) is 0 Å². The summed E-state index contributed by atoms with van der Waals surface area (Å²) in [4.78, 5) is 30.2.